The quantitative estimate of drug-likeness (QED) is 0.617. The molecule has 180 valence electrons. The van der Waals surface area contributed by atoms with E-state index < -0.39 is 12.1 Å². The van der Waals surface area contributed by atoms with E-state index in [0.717, 1.165) is 49.3 Å². The summed E-state index contributed by atoms with van der Waals surface area (Å²) in [5.41, 5.74) is 4.33. The topological polar surface area (TPSA) is 70.7 Å². The Hall–Kier alpha value is -3.01. The Balaban J connectivity index is 0.000000383. The van der Waals surface area contributed by atoms with Gasteiger partial charge in [0.05, 0.1) is 16.6 Å². The number of hydrogen-bond donors (Lipinski definition) is 1. The number of nitrogens with zero attached hydrogens (tertiary/aromatic N) is 4. The van der Waals surface area contributed by atoms with Crippen molar-refractivity contribution in [3.8, 4) is 0 Å². The van der Waals surface area contributed by atoms with E-state index in [-0.39, 0.29) is 5.91 Å². The number of aliphatic carboxylic acids is 1. The number of rotatable bonds is 2. The van der Waals surface area contributed by atoms with E-state index in [1.807, 2.05) is 11.9 Å². The maximum absolute atomic E-state index is 13.2. The second-order valence-electron chi connectivity index (χ2n) is 8.56. The van der Waals surface area contributed by atoms with Crippen molar-refractivity contribution in [1.29, 1.82) is 0 Å². The summed E-state index contributed by atoms with van der Waals surface area (Å²) in [6.45, 7) is 8.04. The standard InChI is InChI=1S/C21H28N4O.C2HF3O2/c1-15(2)25-17-9-6-5-8-16(17)20-18(25)14-19(23(20)4)21(26)24-11-7-10-22(3)12-13-24;3-2(4,5)1(6)7/h5-6,8-9,14-15H,7,10-13H2,1-4H3;(H,6,7). The number of benzene rings is 1. The van der Waals surface area contributed by atoms with Gasteiger partial charge in [-0.1, -0.05) is 18.2 Å². The minimum absolute atomic E-state index is 0.151. The molecule has 10 heteroatoms. The Morgan fingerprint density at radius 3 is 2.24 bits per heavy atom. The van der Waals surface area contributed by atoms with Gasteiger partial charge in [0.25, 0.3) is 5.91 Å². The van der Waals surface area contributed by atoms with E-state index in [4.69, 9.17) is 9.90 Å². The number of likely N-dealkylation sites (N-methyl/N-ethyl adjacent to an activating group) is 1. The first-order valence-electron chi connectivity index (χ1n) is 10.8. The molecule has 3 heterocycles. The summed E-state index contributed by atoms with van der Waals surface area (Å²) in [6.07, 6.45) is -4.05. The summed E-state index contributed by atoms with van der Waals surface area (Å²) in [5, 5.41) is 8.34. The number of halogens is 3. The largest absolute Gasteiger partial charge is 0.490 e. The number of aromatic nitrogens is 2. The van der Waals surface area contributed by atoms with Crippen LogP contribution in [0.2, 0.25) is 0 Å². The molecule has 0 atom stereocenters. The van der Waals surface area contributed by atoms with Gasteiger partial charge in [-0.2, -0.15) is 13.2 Å². The van der Waals surface area contributed by atoms with E-state index in [1.54, 1.807) is 0 Å². The normalized spacial score (nSPS) is 15.6. The van der Waals surface area contributed by atoms with Crippen LogP contribution in [0.15, 0.2) is 30.3 Å². The fourth-order valence-corrected chi connectivity index (χ4v) is 4.28. The van der Waals surface area contributed by atoms with Crippen LogP contribution < -0.4 is 0 Å². The van der Waals surface area contributed by atoms with Gasteiger partial charge in [-0.3, -0.25) is 4.79 Å². The summed E-state index contributed by atoms with van der Waals surface area (Å²) < 4.78 is 36.2. The smallest absolute Gasteiger partial charge is 0.475 e. The van der Waals surface area contributed by atoms with E-state index in [2.05, 4.69) is 65.3 Å². The number of para-hydroxylation sites is 1. The first-order valence-corrected chi connectivity index (χ1v) is 10.8. The van der Waals surface area contributed by atoms with E-state index in [9.17, 15) is 18.0 Å². The van der Waals surface area contributed by atoms with Crippen LogP contribution in [-0.2, 0) is 11.8 Å². The van der Waals surface area contributed by atoms with Crippen LogP contribution in [0.4, 0.5) is 13.2 Å². The van der Waals surface area contributed by atoms with Crippen molar-refractivity contribution in [2.45, 2.75) is 32.5 Å². The zero-order valence-corrected chi connectivity index (χ0v) is 19.2. The Kier molecular flexibility index (Phi) is 7.06. The molecule has 0 radical (unpaired) electrons. The molecule has 1 amide bonds. The molecule has 0 unspecified atom stereocenters. The van der Waals surface area contributed by atoms with Gasteiger partial charge < -0.3 is 24.0 Å². The second-order valence-corrected chi connectivity index (χ2v) is 8.56. The van der Waals surface area contributed by atoms with Crippen molar-refractivity contribution in [2.75, 3.05) is 33.2 Å². The van der Waals surface area contributed by atoms with E-state index in [0.29, 0.717) is 6.04 Å². The zero-order valence-electron chi connectivity index (χ0n) is 19.2. The summed E-state index contributed by atoms with van der Waals surface area (Å²) >= 11 is 0. The molecule has 1 saturated heterocycles. The maximum atomic E-state index is 13.2. The highest BCUT2D eigenvalue weighted by Crippen LogP contribution is 2.34. The highest BCUT2D eigenvalue weighted by atomic mass is 19.4. The van der Waals surface area contributed by atoms with Crippen molar-refractivity contribution in [2.24, 2.45) is 7.05 Å². The second kappa shape index (κ2) is 9.46. The van der Waals surface area contributed by atoms with Crippen LogP contribution in [0.5, 0.6) is 0 Å². The van der Waals surface area contributed by atoms with Crippen molar-refractivity contribution in [3.05, 3.63) is 36.0 Å². The van der Waals surface area contributed by atoms with Gasteiger partial charge in [-0.05, 0) is 46.0 Å². The molecule has 4 rings (SSSR count). The lowest BCUT2D eigenvalue weighted by molar-refractivity contribution is -0.192. The van der Waals surface area contributed by atoms with Crippen LogP contribution in [0.3, 0.4) is 0 Å². The molecule has 0 spiro atoms. The minimum Gasteiger partial charge on any atom is -0.475 e. The molecule has 1 N–H and O–H groups in total. The third-order valence-corrected chi connectivity index (χ3v) is 5.88. The molecule has 33 heavy (non-hydrogen) atoms. The predicted octanol–water partition coefficient (Wildman–Crippen LogP) is 4.12. The fraction of sp³-hybridized carbons (Fsp3) is 0.478. The summed E-state index contributed by atoms with van der Waals surface area (Å²) in [4.78, 5) is 26.5. The highest BCUT2D eigenvalue weighted by molar-refractivity contribution is 6.10. The van der Waals surface area contributed by atoms with Crippen molar-refractivity contribution < 1.29 is 27.9 Å². The average molecular weight is 467 g/mol. The van der Waals surface area contributed by atoms with Crippen LogP contribution in [-0.4, -0.2) is 75.3 Å². The summed E-state index contributed by atoms with van der Waals surface area (Å²) in [6, 6.07) is 10.9. The molecule has 1 fully saturated rings. The lowest BCUT2D eigenvalue weighted by Crippen LogP contribution is -2.35. The van der Waals surface area contributed by atoms with Gasteiger partial charge in [0, 0.05) is 38.1 Å². The number of fused-ring (bicyclic) bond motifs is 3. The number of alkyl halides is 3. The van der Waals surface area contributed by atoms with Gasteiger partial charge in [0.2, 0.25) is 0 Å². The SMILES string of the molecule is CC(C)n1c2ccccc2c2c1cc(C(=O)N1CCCN(C)CC1)n2C.O=C(O)C(F)(F)F. The molecule has 0 bridgehead atoms. The van der Waals surface area contributed by atoms with Gasteiger partial charge in [0.1, 0.15) is 5.69 Å². The monoisotopic (exact) mass is 466 g/mol. The zero-order chi connectivity index (χ0) is 24.5. The number of aryl methyl sites for hydroxylation is 1. The number of amides is 1. The number of carboxylic acid groups (broad SMARTS) is 1. The fourth-order valence-electron chi connectivity index (χ4n) is 4.28. The summed E-state index contributed by atoms with van der Waals surface area (Å²) in [7, 11) is 4.15. The maximum Gasteiger partial charge on any atom is 0.490 e. The molecular formula is C23H29F3N4O3. The Bertz CT molecular complexity index is 1160. The molecule has 3 aromatic rings. The van der Waals surface area contributed by atoms with Crippen LogP contribution in [0, 0.1) is 0 Å². The number of carbonyl (C=O) groups excluding carboxylic acids is 1. The Morgan fingerprint density at radius 2 is 1.64 bits per heavy atom. The molecule has 1 aromatic carbocycles. The third kappa shape index (κ3) is 5.00. The molecule has 7 nitrogen and oxygen atoms in total. The third-order valence-electron chi connectivity index (χ3n) is 5.88. The molecule has 2 aromatic heterocycles. The van der Waals surface area contributed by atoms with Gasteiger partial charge in [0.15, 0.2) is 0 Å². The first-order chi connectivity index (χ1) is 15.4. The Morgan fingerprint density at radius 1 is 1.00 bits per heavy atom. The lowest BCUT2D eigenvalue weighted by Gasteiger charge is -2.21. The van der Waals surface area contributed by atoms with Gasteiger partial charge in [-0.15, -0.1) is 0 Å². The summed E-state index contributed by atoms with van der Waals surface area (Å²) in [5.74, 6) is -2.61. The number of carboxylic acids is 1. The molecule has 1 aliphatic heterocycles. The molecule has 0 aliphatic carbocycles. The first kappa shape index (κ1) is 24.6. The van der Waals surface area contributed by atoms with Gasteiger partial charge >= 0.3 is 12.1 Å². The van der Waals surface area contributed by atoms with Crippen LogP contribution in [0.25, 0.3) is 21.9 Å². The highest BCUT2D eigenvalue weighted by Gasteiger charge is 2.38. The molecule has 1 aliphatic rings. The van der Waals surface area contributed by atoms with E-state index >= 15 is 0 Å². The van der Waals surface area contributed by atoms with Crippen molar-refractivity contribution in [3.63, 3.8) is 0 Å². The van der Waals surface area contributed by atoms with Crippen LogP contribution >= 0.6 is 0 Å². The van der Waals surface area contributed by atoms with Gasteiger partial charge in [-0.25, -0.2) is 4.79 Å². The minimum atomic E-state index is -5.08. The van der Waals surface area contributed by atoms with Crippen molar-refractivity contribution in [1.82, 2.24) is 18.9 Å². The average Bonchev–Trinajstić information content (AvgIpc) is 3.14. The van der Waals surface area contributed by atoms with Crippen LogP contribution in [0.1, 0.15) is 36.8 Å². The number of carbonyl (C=O) groups is 2. The van der Waals surface area contributed by atoms with Crippen molar-refractivity contribution >= 4 is 33.8 Å². The Labute approximate surface area is 190 Å². The molecular weight excluding hydrogens is 437 g/mol. The number of hydrogen-bond acceptors (Lipinski definition) is 3. The van der Waals surface area contributed by atoms with E-state index in [1.165, 1.54) is 10.9 Å². The predicted molar refractivity (Wildman–Crippen MR) is 121 cm³/mol. The lowest BCUT2D eigenvalue weighted by atomic mass is 10.2. The molecule has 0 saturated carbocycles.